The Kier molecular flexibility index (Phi) is 4.17. The van der Waals surface area contributed by atoms with Crippen LogP contribution >= 0.6 is 15.9 Å². The molecule has 0 radical (unpaired) electrons. The summed E-state index contributed by atoms with van der Waals surface area (Å²) in [5.74, 6) is -0.293. The first-order chi connectivity index (χ1) is 9.65. The largest absolute Gasteiger partial charge is 0.397 e. The predicted octanol–water partition coefficient (Wildman–Crippen LogP) is 3.24. The number of nitrogen functional groups attached to an aromatic ring is 1. The summed E-state index contributed by atoms with van der Waals surface area (Å²) in [6, 6.07) is 3.84. The van der Waals surface area contributed by atoms with Crippen LogP contribution in [0.15, 0.2) is 16.6 Å². The number of halogens is 2. The lowest BCUT2D eigenvalue weighted by molar-refractivity contribution is 0.175. The van der Waals surface area contributed by atoms with Crippen LogP contribution < -0.4 is 10.6 Å². The number of nitrogens with two attached hydrogens (primary N) is 1. The average molecular weight is 342 g/mol. The summed E-state index contributed by atoms with van der Waals surface area (Å²) in [4.78, 5) is 4.90. The second-order valence-corrected chi connectivity index (χ2v) is 6.66. The van der Waals surface area contributed by atoms with Gasteiger partial charge in [-0.1, -0.05) is 6.42 Å². The van der Waals surface area contributed by atoms with Gasteiger partial charge < -0.3 is 10.6 Å². The lowest BCUT2D eigenvalue weighted by atomic mass is 10.1. The summed E-state index contributed by atoms with van der Waals surface area (Å²) in [5.41, 5.74) is 7.47. The fourth-order valence-corrected chi connectivity index (χ4v) is 3.70. The molecule has 0 bridgehead atoms. The first-order valence-corrected chi connectivity index (χ1v) is 8.18. The van der Waals surface area contributed by atoms with E-state index in [1.54, 1.807) is 0 Å². The lowest BCUT2D eigenvalue weighted by Gasteiger charge is -2.32. The van der Waals surface area contributed by atoms with Gasteiger partial charge in [0.1, 0.15) is 5.82 Å². The average Bonchev–Trinajstić information content (AvgIpc) is 2.93. The van der Waals surface area contributed by atoms with Crippen LogP contribution in [0.2, 0.25) is 0 Å². The maximum atomic E-state index is 13.5. The van der Waals surface area contributed by atoms with Crippen molar-refractivity contribution in [2.24, 2.45) is 0 Å². The Balaban J connectivity index is 1.72. The fraction of sp³-hybridized carbons (Fsp3) is 0.600. The second-order valence-electron chi connectivity index (χ2n) is 5.81. The van der Waals surface area contributed by atoms with E-state index < -0.39 is 0 Å². The maximum Gasteiger partial charge on any atom is 0.139 e. The van der Waals surface area contributed by atoms with Gasteiger partial charge >= 0.3 is 0 Å². The van der Waals surface area contributed by atoms with E-state index in [1.165, 1.54) is 44.8 Å². The van der Waals surface area contributed by atoms with Crippen molar-refractivity contribution in [1.82, 2.24) is 4.90 Å². The van der Waals surface area contributed by atoms with Gasteiger partial charge in [-0.25, -0.2) is 4.39 Å². The Morgan fingerprint density at radius 3 is 2.65 bits per heavy atom. The van der Waals surface area contributed by atoms with E-state index in [0.717, 1.165) is 18.8 Å². The minimum atomic E-state index is -0.293. The van der Waals surface area contributed by atoms with Gasteiger partial charge in [-0.2, -0.15) is 0 Å². The van der Waals surface area contributed by atoms with Crippen molar-refractivity contribution >= 4 is 27.3 Å². The molecule has 0 aromatic heterocycles. The number of nitrogens with zero attached hydrogens (tertiary/aromatic N) is 2. The third-order valence-corrected chi connectivity index (χ3v) is 5.09. The van der Waals surface area contributed by atoms with Crippen molar-refractivity contribution in [2.45, 2.75) is 31.7 Å². The molecule has 0 spiro atoms. The molecule has 0 amide bonds. The van der Waals surface area contributed by atoms with Gasteiger partial charge in [0, 0.05) is 25.2 Å². The molecule has 2 fully saturated rings. The number of piperidine rings is 1. The lowest BCUT2D eigenvalue weighted by Crippen LogP contribution is -2.40. The molecule has 2 aliphatic rings. The minimum absolute atomic E-state index is 0.293. The van der Waals surface area contributed by atoms with Crippen LogP contribution in [0.1, 0.15) is 25.7 Å². The number of likely N-dealkylation sites (tertiary alicyclic amines) is 1. The van der Waals surface area contributed by atoms with Gasteiger partial charge in [-0.05, 0) is 54.3 Å². The molecule has 2 N–H and O–H groups in total. The van der Waals surface area contributed by atoms with Crippen LogP contribution in [0.5, 0.6) is 0 Å². The van der Waals surface area contributed by atoms with E-state index in [9.17, 15) is 4.39 Å². The number of hydrogen-bond acceptors (Lipinski definition) is 3. The molecule has 20 heavy (non-hydrogen) atoms. The highest BCUT2D eigenvalue weighted by Crippen LogP contribution is 2.33. The van der Waals surface area contributed by atoms with E-state index in [1.807, 2.05) is 6.07 Å². The number of benzene rings is 1. The normalized spacial score (nSPS) is 24.3. The van der Waals surface area contributed by atoms with E-state index in [2.05, 4.69) is 25.7 Å². The van der Waals surface area contributed by atoms with Gasteiger partial charge in [-0.15, -0.1) is 0 Å². The highest BCUT2D eigenvalue weighted by molar-refractivity contribution is 9.10. The first-order valence-electron chi connectivity index (χ1n) is 7.38. The molecule has 5 heteroatoms. The highest BCUT2D eigenvalue weighted by atomic mass is 79.9. The number of rotatable bonds is 2. The number of hydrogen-bond donors (Lipinski definition) is 1. The molecule has 2 saturated heterocycles. The van der Waals surface area contributed by atoms with Crippen molar-refractivity contribution in [1.29, 1.82) is 0 Å². The van der Waals surface area contributed by atoms with E-state index in [0.29, 0.717) is 16.2 Å². The van der Waals surface area contributed by atoms with Gasteiger partial charge in [-0.3, -0.25) is 4.90 Å². The minimum Gasteiger partial charge on any atom is -0.397 e. The molecule has 3 rings (SSSR count). The molecular weight excluding hydrogens is 321 g/mol. The number of anilines is 2. The smallest absolute Gasteiger partial charge is 0.139 e. The van der Waals surface area contributed by atoms with Crippen molar-refractivity contribution in [3.63, 3.8) is 0 Å². The standard InChI is InChI=1S/C15H21BrFN3/c16-12-8-15(14(18)9-13(12)17)20-7-4-11(10-20)19-5-2-1-3-6-19/h8-9,11H,1-7,10,18H2. The van der Waals surface area contributed by atoms with Crippen molar-refractivity contribution in [2.75, 3.05) is 36.8 Å². The molecular formula is C15H21BrFN3. The van der Waals surface area contributed by atoms with Gasteiger partial charge in [0.05, 0.1) is 15.8 Å². The fourth-order valence-electron chi connectivity index (χ4n) is 3.37. The summed E-state index contributed by atoms with van der Waals surface area (Å²) in [6.07, 6.45) is 5.18. The molecule has 0 saturated carbocycles. The van der Waals surface area contributed by atoms with E-state index in [-0.39, 0.29) is 5.82 Å². The zero-order valence-electron chi connectivity index (χ0n) is 11.6. The third-order valence-electron chi connectivity index (χ3n) is 4.48. The van der Waals surface area contributed by atoms with Crippen LogP contribution in [0.3, 0.4) is 0 Å². The molecule has 2 heterocycles. The van der Waals surface area contributed by atoms with Crippen LogP contribution in [-0.4, -0.2) is 37.1 Å². The summed E-state index contributed by atoms with van der Waals surface area (Å²) in [6.45, 7) is 4.45. The zero-order chi connectivity index (χ0) is 14.1. The maximum absolute atomic E-state index is 13.5. The summed E-state index contributed by atoms with van der Waals surface area (Å²) >= 11 is 3.25. The Hall–Kier alpha value is -0.810. The summed E-state index contributed by atoms with van der Waals surface area (Å²) in [5, 5.41) is 0. The molecule has 1 unspecified atom stereocenters. The van der Waals surface area contributed by atoms with Crippen LogP contribution in [-0.2, 0) is 0 Å². The van der Waals surface area contributed by atoms with Gasteiger partial charge in [0.15, 0.2) is 0 Å². The Morgan fingerprint density at radius 1 is 1.15 bits per heavy atom. The van der Waals surface area contributed by atoms with Crippen molar-refractivity contribution in [3.05, 3.63) is 22.4 Å². The Labute approximate surface area is 128 Å². The third kappa shape index (κ3) is 2.79. The highest BCUT2D eigenvalue weighted by Gasteiger charge is 2.29. The summed E-state index contributed by atoms with van der Waals surface area (Å²) in [7, 11) is 0. The molecule has 2 aliphatic heterocycles. The van der Waals surface area contributed by atoms with Crippen LogP contribution in [0.4, 0.5) is 15.8 Å². The quantitative estimate of drug-likeness (QED) is 0.838. The van der Waals surface area contributed by atoms with Crippen LogP contribution in [0, 0.1) is 5.82 Å². The van der Waals surface area contributed by atoms with Gasteiger partial charge in [0.2, 0.25) is 0 Å². The zero-order valence-corrected chi connectivity index (χ0v) is 13.2. The second kappa shape index (κ2) is 5.90. The molecule has 1 aromatic carbocycles. The monoisotopic (exact) mass is 341 g/mol. The van der Waals surface area contributed by atoms with Crippen molar-refractivity contribution in [3.8, 4) is 0 Å². The van der Waals surface area contributed by atoms with Crippen molar-refractivity contribution < 1.29 is 4.39 Å². The van der Waals surface area contributed by atoms with Gasteiger partial charge in [0.25, 0.3) is 0 Å². The topological polar surface area (TPSA) is 32.5 Å². The first kappa shape index (κ1) is 14.1. The Morgan fingerprint density at radius 2 is 1.90 bits per heavy atom. The molecule has 3 nitrogen and oxygen atoms in total. The SMILES string of the molecule is Nc1cc(F)c(Br)cc1N1CCC(N2CCCCC2)C1. The Bertz CT molecular complexity index is 488. The molecule has 110 valence electrons. The molecule has 1 atom stereocenters. The summed E-state index contributed by atoms with van der Waals surface area (Å²) < 4.78 is 13.9. The predicted molar refractivity (Wildman–Crippen MR) is 84.6 cm³/mol. The molecule has 1 aromatic rings. The van der Waals surface area contributed by atoms with E-state index in [4.69, 9.17) is 5.73 Å². The van der Waals surface area contributed by atoms with Crippen LogP contribution in [0.25, 0.3) is 0 Å². The molecule has 0 aliphatic carbocycles. The van der Waals surface area contributed by atoms with E-state index >= 15 is 0 Å².